The first-order valence-corrected chi connectivity index (χ1v) is 3.76. The van der Waals surface area contributed by atoms with Crippen LogP contribution in [0.25, 0.3) is 0 Å². The lowest BCUT2D eigenvalue weighted by Gasteiger charge is -2.09. The molecule has 0 aromatic heterocycles. The summed E-state index contributed by atoms with van der Waals surface area (Å²) in [4.78, 5) is 0. The Bertz CT molecular complexity index is 233. The van der Waals surface area contributed by atoms with E-state index in [-0.39, 0.29) is 0 Å². The maximum atomic E-state index is 3.89. The highest BCUT2D eigenvalue weighted by Crippen LogP contribution is 2.19. The molecule has 0 heteroatoms. The van der Waals surface area contributed by atoms with E-state index in [0.29, 0.717) is 0 Å². The lowest BCUT2D eigenvalue weighted by molar-refractivity contribution is 1.16. The minimum absolute atomic E-state index is 1.14. The van der Waals surface area contributed by atoms with Gasteiger partial charge >= 0.3 is 0 Å². The first-order valence-electron chi connectivity index (χ1n) is 3.76. The van der Waals surface area contributed by atoms with Crippen molar-refractivity contribution >= 4 is 0 Å². The van der Waals surface area contributed by atoms with Gasteiger partial charge in [-0.3, -0.25) is 0 Å². The van der Waals surface area contributed by atoms with Gasteiger partial charge in [-0.05, 0) is 12.5 Å². The molecule has 0 nitrogen and oxygen atoms in total. The lowest BCUT2D eigenvalue weighted by atomic mass is 9.95. The molecule has 1 aromatic carbocycles. The third-order valence-electron chi connectivity index (χ3n) is 1.85. The van der Waals surface area contributed by atoms with Gasteiger partial charge in [0.05, 0.1) is 0 Å². The Morgan fingerprint density at radius 1 is 1.09 bits per heavy atom. The second-order valence-electron chi connectivity index (χ2n) is 2.77. The van der Waals surface area contributed by atoms with E-state index in [2.05, 4.69) is 25.6 Å². The summed E-state index contributed by atoms with van der Waals surface area (Å²) in [6.45, 7) is 8.02. The van der Waals surface area contributed by atoms with E-state index in [9.17, 15) is 0 Å². The van der Waals surface area contributed by atoms with Crippen molar-refractivity contribution < 1.29 is 0 Å². The van der Waals surface area contributed by atoms with Crippen LogP contribution in [0.1, 0.15) is 19.4 Å². The van der Waals surface area contributed by atoms with Crippen LogP contribution in [0.4, 0.5) is 0 Å². The predicted octanol–water partition coefficient (Wildman–Crippen LogP) is 3.21. The van der Waals surface area contributed by atoms with Crippen LogP contribution in [-0.2, 0) is 0 Å². The van der Waals surface area contributed by atoms with E-state index >= 15 is 0 Å². The summed E-state index contributed by atoms with van der Waals surface area (Å²) in [7, 11) is 0. The molecule has 0 atom stereocenters. The summed E-state index contributed by atoms with van der Waals surface area (Å²) in [5.74, 6) is 1.27. The zero-order valence-corrected chi connectivity index (χ0v) is 7.09. The monoisotopic (exact) mass is 145 g/mol. The average molecular weight is 145 g/mol. The van der Waals surface area contributed by atoms with E-state index in [1.165, 1.54) is 11.5 Å². The quantitative estimate of drug-likeness (QED) is 0.599. The van der Waals surface area contributed by atoms with Gasteiger partial charge in [0.1, 0.15) is 0 Å². The topological polar surface area (TPSA) is 0 Å². The Kier molecular flexibility index (Phi) is 2.48. The number of hydrogen-bond acceptors (Lipinski definition) is 0. The van der Waals surface area contributed by atoms with Crippen LogP contribution in [0.3, 0.4) is 0 Å². The first-order chi connectivity index (χ1) is 5.22. The SMILES string of the molecule is C=C(C)[C](C)c1ccccc1. The second kappa shape index (κ2) is 3.38. The summed E-state index contributed by atoms with van der Waals surface area (Å²) in [5, 5.41) is 0. The van der Waals surface area contributed by atoms with E-state index < -0.39 is 0 Å². The molecule has 0 spiro atoms. The van der Waals surface area contributed by atoms with Crippen molar-refractivity contribution in [1.29, 1.82) is 0 Å². The zero-order valence-electron chi connectivity index (χ0n) is 7.09. The highest BCUT2D eigenvalue weighted by atomic mass is 14.1. The second-order valence-corrected chi connectivity index (χ2v) is 2.77. The van der Waals surface area contributed by atoms with Crippen molar-refractivity contribution in [1.82, 2.24) is 0 Å². The molecule has 0 saturated heterocycles. The van der Waals surface area contributed by atoms with E-state index in [1.807, 2.05) is 25.1 Å². The third kappa shape index (κ3) is 1.94. The van der Waals surface area contributed by atoms with Crippen LogP contribution < -0.4 is 0 Å². The Hall–Kier alpha value is -1.04. The van der Waals surface area contributed by atoms with E-state index in [0.717, 1.165) is 5.57 Å². The fourth-order valence-electron chi connectivity index (χ4n) is 0.935. The van der Waals surface area contributed by atoms with Gasteiger partial charge in [-0.1, -0.05) is 49.4 Å². The smallest absolute Gasteiger partial charge is 0.0259 e. The molecule has 1 aromatic rings. The number of rotatable bonds is 2. The predicted molar refractivity (Wildman–Crippen MR) is 49.3 cm³/mol. The van der Waals surface area contributed by atoms with Crippen LogP contribution in [0, 0.1) is 5.92 Å². The molecule has 0 heterocycles. The van der Waals surface area contributed by atoms with E-state index in [4.69, 9.17) is 0 Å². The Balaban J connectivity index is 2.85. The molecule has 1 radical (unpaired) electrons. The van der Waals surface area contributed by atoms with Gasteiger partial charge in [0.15, 0.2) is 0 Å². The van der Waals surface area contributed by atoms with E-state index in [1.54, 1.807) is 0 Å². The molecule has 0 saturated carbocycles. The third-order valence-corrected chi connectivity index (χ3v) is 1.85. The molecule has 0 aliphatic heterocycles. The van der Waals surface area contributed by atoms with Crippen LogP contribution in [0.15, 0.2) is 42.5 Å². The van der Waals surface area contributed by atoms with Crippen LogP contribution >= 0.6 is 0 Å². The average Bonchev–Trinajstić information content (AvgIpc) is 2.05. The molecule has 1 rings (SSSR count). The highest BCUT2D eigenvalue weighted by Gasteiger charge is 2.04. The molecule has 0 N–H and O–H groups in total. The van der Waals surface area contributed by atoms with Gasteiger partial charge in [-0.15, -0.1) is 0 Å². The summed E-state index contributed by atoms with van der Waals surface area (Å²) in [6, 6.07) is 10.3. The zero-order chi connectivity index (χ0) is 8.27. The van der Waals surface area contributed by atoms with Gasteiger partial charge in [-0.2, -0.15) is 0 Å². The molecule has 57 valence electrons. The summed E-state index contributed by atoms with van der Waals surface area (Å²) < 4.78 is 0. The molecule has 0 aliphatic carbocycles. The number of benzene rings is 1. The number of allylic oxidation sites excluding steroid dienone is 1. The highest BCUT2D eigenvalue weighted by molar-refractivity contribution is 5.39. The fraction of sp³-hybridized carbons (Fsp3) is 0.182. The van der Waals surface area contributed by atoms with Crippen molar-refractivity contribution in [2.45, 2.75) is 13.8 Å². The minimum Gasteiger partial charge on any atom is -0.0992 e. The van der Waals surface area contributed by atoms with Crippen LogP contribution in [0.2, 0.25) is 0 Å². The molecule has 11 heavy (non-hydrogen) atoms. The minimum atomic E-state index is 1.14. The van der Waals surface area contributed by atoms with Crippen molar-refractivity contribution in [3.05, 3.63) is 54.0 Å². The van der Waals surface area contributed by atoms with Crippen LogP contribution in [0.5, 0.6) is 0 Å². The largest absolute Gasteiger partial charge is 0.0992 e. The molecule has 0 amide bonds. The summed E-state index contributed by atoms with van der Waals surface area (Å²) in [6.07, 6.45) is 0. The Labute approximate surface area is 68.6 Å². The molecule has 0 aliphatic rings. The number of hydrogen-bond donors (Lipinski definition) is 0. The van der Waals surface area contributed by atoms with Crippen LogP contribution in [-0.4, -0.2) is 0 Å². The van der Waals surface area contributed by atoms with Gasteiger partial charge in [-0.25, -0.2) is 0 Å². The maximum absolute atomic E-state index is 3.89. The first kappa shape index (κ1) is 8.06. The van der Waals surface area contributed by atoms with Gasteiger partial charge < -0.3 is 0 Å². The normalized spacial score (nSPS) is 10.1. The maximum Gasteiger partial charge on any atom is 0.0259 e. The standard InChI is InChI=1S/C11H13/c1-9(2)10(3)11-7-5-4-6-8-11/h4-8H,1H2,2-3H3. The lowest BCUT2D eigenvalue weighted by Crippen LogP contribution is -1.93. The molecule has 0 unspecified atom stereocenters. The van der Waals surface area contributed by atoms with Gasteiger partial charge in [0, 0.05) is 5.92 Å². The van der Waals surface area contributed by atoms with Crippen molar-refractivity contribution in [2.75, 3.05) is 0 Å². The summed E-state index contributed by atoms with van der Waals surface area (Å²) in [5.41, 5.74) is 2.40. The molecular weight excluding hydrogens is 132 g/mol. The van der Waals surface area contributed by atoms with Crippen molar-refractivity contribution in [3.8, 4) is 0 Å². The Morgan fingerprint density at radius 2 is 1.64 bits per heavy atom. The van der Waals surface area contributed by atoms with Crippen molar-refractivity contribution in [3.63, 3.8) is 0 Å². The van der Waals surface area contributed by atoms with Gasteiger partial charge in [0.25, 0.3) is 0 Å². The van der Waals surface area contributed by atoms with Gasteiger partial charge in [0.2, 0.25) is 0 Å². The molecular formula is C11H13. The Morgan fingerprint density at radius 3 is 2.09 bits per heavy atom. The molecule has 0 fully saturated rings. The fourth-order valence-corrected chi connectivity index (χ4v) is 0.935. The molecule has 0 bridgehead atoms. The summed E-state index contributed by atoms with van der Waals surface area (Å²) >= 11 is 0. The van der Waals surface area contributed by atoms with Crippen molar-refractivity contribution in [2.24, 2.45) is 0 Å².